The van der Waals surface area contributed by atoms with Gasteiger partial charge in [0, 0.05) is 11.9 Å². The second-order valence-electron chi connectivity index (χ2n) is 3.55. The fraction of sp³-hybridized carbons (Fsp3) is 0.600. The normalized spacial score (nSPS) is 15.8. The van der Waals surface area contributed by atoms with Gasteiger partial charge >= 0.3 is 6.01 Å². The summed E-state index contributed by atoms with van der Waals surface area (Å²) in [4.78, 5) is 8.29. The largest absolute Gasteiger partial charge is 0.460 e. The molecule has 1 fully saturated rings. The van der Waals surface area contributed by atoms with Crippen molar-refractivity contribution in [2.45, 2.75) is 25.9 Å². The molecule has 0 aromatic carbocycles. The summed E-state index contributed by atoms with van der Waals surface area (Å²) in [6.07, 6.45) is 4.09. The van der Waals surface area contributed by atoms with Gasteiger partial charge < -0.3 is 10.1 Å². The van der Waals surface area contributed by atoms with Crippen LogP contribution in [0.1, 0.15) is 18.5 Å². The summed E-state index contributed by atoms with van der Waals surface area (Å²) in [5.74, 6) is 0. The zero-order valence-corrected chi connectivity index (χ0v) is 10.8. The van der Waals surface area contributed by atoms with Gasteiger partial charge in [-0.25, -0.2) is 9.97 Å². The summed E-state index contributed by atoms with van der Waals surface area (Å²) >= 11 is 0. The van der Waals surface area contributed by atoms with Crippen molar-refractivity contribution in [1.29, 1.82) is 0 Å². The van der Waals surface area contributed by atoms with E-state index in [4.69, 9.17) is 4.74 Å². The third-order valence-electron chi connectivity index (χ3n) is 2.33. The highest BCUT2D eigenvalue weighted by atomic mass is 35.5. The average molecular weight is 266 g/mol. The fourth-order valence-electron chi connectivity index (χ4n) is 1.55. The van der Waals surface area contributed by atoms with Gasteiger partial charge in [0.15, 0.2) is 0 Å². The maximum Gasteiger partial charge on any atom is 0.316 e. The van der Waals surface area contributed by atoms with Crippen LogP contribution in [0.15, 0.2) is 12.3 Å². The van der Waals surface area contributed by atoms with Gasteiger partial charge in [0.25, 0.3) is 0 Å². The number of piperidine rings is 1. The Labute approximate surface area is 108 Å². The van der Waals surface area contributed by atoms with Gasteiger partial charge in [-0.05, 0) is 38.9 Å². The maximum absolute atomic E-state index is 5.67. The highest BCUT2D eigenvalue weighted by Gasteiger charge is 2.15. The summed E-state index contributed by atoms with van der Waals surface area (Å²) in [6.45, 7) is 3.99. The van der Waals surface area contributed by atoms with Crippen molar-refractivity contribution in [1.82, 2.24) is 15.3 Å². The lowest BCUT2D eigenvalue weighted by molar-refractivity contribution is 0.148. The van der Waals surface area contributed by atoms with E-state index in [1.807, 2.05) is 13.0 Å². The van der Waals surface area contributed by atoms with Gasteiger partial charge in [-0.2, -0.15) is 0 Å². The molecule has 1 saturated heterocycles. The zero-order valence-electron chi connectivity index (χ0n) is 9.18. The Morgan fingerprint density at radius 1 is 1.31 bits per heavy atom. The van der Waals surface area contributed by atoms with Crippen LogP contribution in [0.4, 0.5) is 0 Å². The van der Waals surface area contributed by atoms with Crippen molar-refractivity contribution in [2.24, 2.45) is 0 Å². The van der Waals surface area contributed by atoms with E-state index in [1.165, 1.54) is 0 Å². The lowest BCUT2D eigenvalue weighted by Gasteiger charge is -2.22. The number of aromatic nitrogens is 2. The summed E-state index contributed by atoms with van der Waals surface area (Å²) in [5, 5.41) is 3.29. The molecule has 6 heteroatoms. The first kappa shape index (κ1) is 15.4. The summed E-state index contributed by atoms with van der Waals surface area (Å²) in [5.41, 5.74) is 0.948. The molecule has 1 aromatic heterocycles. The molecular formula is C10H17Cl2N3O. The number of hydrogen-bond donors (Lipinski definition) is 1. The van der Waals surface area contributed by atoms with Crippen LogP contribution in [0, 0.1) is 6.92 Å². The molecule has 0 aliphatic carbocycles. The second kappa shape index (κ2) is 7.65. The van der Waals surface area contributed by atoms with Crippen molar-refractivity contribution < 1.29 is 4.74 Å². The van der Waals surface area contributed by atoms with Crippen LogP contribution in [0.25, 0.3) is 0 Å². The lowest BCUT2D eigenvalue weighted by Crippen LogP contribution is -2.34. The highest BCUT2D eigenvalue weighted by Crippen LogP contribution is 2.11. The zero-order chi connectivity index (χ0) is 9.80. The Morgan fingerprint density at radius 2 is 2.00 bits per heavy atom. The Kier molecular flexibility index (Phi) is 7.38. The van der Waals surface area contributed by atoms with Gasteiger partial charge in [-0.15, -0.1) is 24.8 Å². The molecular weight excluding hydrogens is 249 g/mol. The molecule has 92 valence electrons. The first-order valence-electron chi connectivity index (χ1n) is 5.01. The predicted octanol–water partition coefficient (Wildman–Crippen LogP) is 1.76. The summed E-state index contributed by atoms with van der Waals surface area (Å²) in [6, 6.07) is 2.38. The van der Waals surface area contributed by atoms with E-state index in [-0.39, 0.29) is 30.9 Å². The van der Waals surface area contributed by atoms with E-state index >= 15 is 0 Å². The van der Waals surface area contributed by atoms with Gasteiger partial charge in [0.05, 0.1) is 0 Å². The van der Waals surface area contributed by atoms with Crippen molar-refractivity contribution >= 4 is 24.8 Å². The molecule has 1 aromatic rings. The molecule has 2 heterocycles. The van der Waals surface area contributed by atoms with E-state index in [0.29, 0.717) is 6.01 Å². The Hall–Kier alpha value is -0.580. The summed E-state index contributed by atoms with van der Waals surface area (Å²) in [7, 11) is 0. The standard InChI is InChI=1S/C10H15N3O.2ClH/c1-8-2-7-12-10(13-8)14-9-3-5-11-6-4-9;;/h2,7,9,11H,3-6H2,1H3;2*1H. The summed E-state index contributed by atoms with van der Waals surface area (Å²) < 4.78 is 5.67. The monoisotopic (exact) mass is 265 g/mol. The predicted molar refractivity (Wildman–Crippen MR) is 67.8 cm³/mol. The number of aryl methyl sites for hydroxylation is 1. The molecule has 0 spiro atoms. The molecule has 4 nitrogen and oxygen atoms in total. The van der Waals surface area contributed by atoms with Crippen LogP contribution in [-0.2, 0) is 0 Å². The fourth-order valence-corrected chi connectivity index (χ4v) is 1.55. The number of halogens is 2. The van der Waals surface area contributed by atoms with Gasteiger partial charge in [-0.3, -0.25) is 0 Å². The molecule has 1 N–H and O–H groups in total. The molecule has 1 aliphatic heterocycles. The van der Waals surface area contributed by atoms with E-state index in [9.17, 15) is 0 Å². The van der Waals surface area contributed by atoms with E-state index in [1.54, 1.807) is 6.20 Å². The SMILES string of the molecule is Cc1ccnc(OC2CCNCC2)n1.Cl.Cl. The lowest BCUT2D eigenvalue weighted by atomic mass is 10.1. The van der Waals surface area contributed by atoms with Gasteiger partial charge in [-0.1, -0.05) is 0 Å². The van der Waals surface area contributed by atoms with Gasteiger partial charge in [0.1, 0.15) is 6.10 Å². The highest BCUT2D eigenvalue weighted by molar-refractivity contribution is 5.85. The number of nitrogens with one attached hydrogen (secondary N) is 1. The van der Waals surface area contributed by atoms with Gasteiger partial charge in [0.2, 0.25) is 0 Å². The van der Waals surface area contributed by atoms with Crippen molar-refractivity contribution in [2.75, 3.05) is 13.1 Å². The van der Waals surface area contributed by atoms with Crippen LogP contribution >= 0.6 is 24.8 Å². The van der Waals surface area contributed by atoms with E-state index < -0.39 is 0 Å². The minimum Gasteiger partial charge on any atom is -0.460 e. The minimum atomic E-state index is 0. The third kappa shape index (κ3) is 4.51. The number of hydrogen-bond acceptors (Lipinski definition) is 4. The molecule has 0 amide bonds. The number of ether oxygens (including phenoxy) is 1. The molecule has 16 heavy (non-hydrogen) atoms. The molecule has 2 rings (SSSR count). The minimum absolute atomic E-state index is 0. The van der Waals surface area contributed by atoms with Crippen molar-refractivity contribution in [3.8, 4) is 6.01 Å². The number of rotatable bonds is 2. The Balaban J connectivity index is 0.00000112. The topological polar surface area (TPSA) is 47.0 Å². The molecule has 0 unspecified atom stereocenters. The smallest absolute Gasteiger partial charge is 0.316 e. The molecule has 0 atom stereocenters. The van der Waals surface area contributed by atoms with Crippen LogP contribution in [0.2, 0.25) is 0 Å². The first-order valence-corrected chi connectivity index (χ1v) is 5.01. The van der Waals surface area contributed by atoms with Crippen LogP contribution in [0.3, 0.4) is 0 Å². The molecule has 0 bridgehead atoms. The molecule has 0 saturated carbocycles. The maximum atomic E-state index is 5.67. The van der Waals surface area contributed by atoms with Crippen LogP contribution in [0.5, 0.6) is 6.01 Å². The Bertz CT molecular complexity index is 306. The first-order chi connectivity index (χ1) is 6.84. The van der Waals surface area contributed by atoms with Crippen molar-refractivity contribution in [3.63, 3.8) is 0 Å². The second-order valence-corrected chi connectivity index (χ2v) is 3.55. The quantitative estimate of drug-likeness (QED) is 0.886. The third-order valence-corrected chi connectivity index (χ3v) is 2.33. The van der Waals surface area contributed by atoms with Crippen LogP contribution in [-0.4, -0.2) is 29.2 Å². The molecule has 0 radical (unpaired) electrons. The number of nitrogens with zero attached hydrogens (tertiary/aromatic N) is 2. The Morgan fingerprint density at radius 3 is 2.62 bits per heavy atom. The average Bonchev–Trinajstić information content (AvgIpc) is 2.19. The molecule has 1 aliphatic rings. The van der Waals surface area contributed by atoms with E-state index in [0.717, 1.165) is 31.6 Å². The van der Waals surface area contributed by atoms with Crippen LogP contribution < -0.4 is 10.1 Å². The van der Waals surface area contributed by atoms with Crippen molar-refractivity contribution in [3.05, 3.63) is 18.0 Å². The van der Waals surface area contributed by atoms with E-state index in [2.05, 4.69) is 15.3 Å².